The van der Waals surface area contributed by atoms with Crippen molar-refractivity contribution in [2.75, 3.05) is 0 Å². The molecule has 0 aliphatic rings. The van der Waals surface area contributed by atoms with Crippen LogP contribution in [0.5, 0.6) is 0 Å². The maximum absolute atomic E-state index is 12.6. The summed E-state index contributed by atoms with van der Waals surface area (Å²) in [6.45, 7) is 6.13. The lowest BCUT2D eigenvalue weighted by Gasteiger charge is -2.19. The Morgan fingerprint density at radius 3 is 2.73 bits per heavy atom. The highest BCUT2D eigenvalue weighted by atomic mass is 32.1. The molecule has 138 valence electrons. The fourth-order valence-corrected chi connectivity index (χ4v) is 4.29. The van der Waals surface area contributed by atoms with E-state index >= 15 is 0 Å². The van der Waals surface area contributed by atoms with Crippen LogP contribution in [0, 0.1) is 13.8 Å². The second-order valence-corrected chi connectivity index (χ2v) is 7.84. The lowest BCUT2D eigenvalue weighted by molar-refractivity contribution is 0.107. The van der Waals surface area contributed by atoms with Crippen molar-refractivity contribution in [3.05, 3.63) is 63.6 Å². The van der Waals surface area contributed by atoms with Crippen molar-refractivity contribution in [1.29, 1.82) is 0 Å². The van der Waals surface area contributed by atoms with E-state index in [1.807, 2.05) is 38.1 Å². The topological polar surface area (TPSA) is 67.2 Å². The van der Waals surface area contributed by atoms with Crippen molar-refractivity contribution in [2.24, 2.45) is 0 Å². The van der Waals surface area contributed by atoms with Crippen LogP contribution in [0.15, 0.2) is 41.2 Å². The first kappa shape index (κ1) is 18.8. The highest BCUT2D eigenvalue weighted by molar-refractivity contribution is 7.13. The molecule has 2 N–H and O–H groups in total. The van der Waals surface area contributed by atoms with Gasteiger partial charge in [-0.15, -0.1) is 0 Å². The molecule has 0 saturated carbocycles. The van der Waals surface area contributed by atoms with Gasteiger partial charge in [0.1, 0.15) is 11.1 Å². The van der Waals surface area contributed by atoms with Crippen molar-refractivity contribution >= 4 is 21.7 Å². The molecule has 2 heterocycles. The van der Waals surface area contributed by atoms with Crippen molar-refractivity contribution in [3.8, 4) is 0 Å². The lowest BCUT2D eigenvalue weighted by atomic mass is 10.1. The van der Waals surface area contributed by atoms with E-state index in [4.69, 9.17) is 0 Å². The molecule has 2 aromatic heterocycles. The van der Waals surface area contributed by atoms with Gasteiger partial charge >= 0.3 is 0 Å². The van der Waals surface area contributed by atoms with Gasteiger partial charge in [0.05, 0.1) is 11.9 Å². The minimum Gasteiger partial charge on any atom is -0.377 e. The predicted molar refractivity (Wildman–Crippen MR) is 107 cm³/mol. The molecule has 2 atom stereocenters. The Balaban J connectivity index is 1.62. The second-order valence-electron chi connectivity index (χ2n) is 6.83. The third-order valence-electron chi connectivity index (χ3n) is 4.47. The van der Waals surface area contributed by atoms with Crippen molar-refractivity contribution in [3.63, 3.8) is 0 Å². The smallest absolute Gasteiger partial charge is 0.270 e. The summed E-state index contributed by atoms with van der Waals surface area (Å²) < 4.78 is 1.59. The number of fused-ring (bicyclic) bond motifs is 1. The first-order valence-electron chi connectivity index (χ1n) is 8.90. The summed E-state index contributed by atoms with van der Waals surface area (Å²) in [6, 6.07) is 12.4. The molecule has 0 saturated heterocycles. The highest BCUT2D eigenvalue weighted by Gasteiger charge is 2.16. The lowest BCUT2D eigenvalue weighted by Crippen LogP contribution is -2.40. The van der Waals surface area contributed by atoms with E-state index in [0.29, 0.717) is 5.39 Å². The van der Waals surface area contributed by atoms with E-state index in [2.05, 4.69) is 29.4 Å². The number of nitrogens with zero attached hydrogens (tertiary/aromatic N) is 2. The Labute approximate surface area is 157 Å². The van der Waals surface area contributed by atoms with Crippen LogP contribution in [0.1, 0.15) is 30.2 Å². The molecule has 6 heteroatoms. The van der Waals surface area contributed by atoms with Gasteiger partial charge in [-0.05, 0) is 62.3 Å². The molecule has 3 aromatic rings. The van der Waals surface area contributed by atoms with E-state index < -0.39 is 6.23 Å². The van der Waals surface area contributed by atoms with E-state index in [1.165, 1.54) is 17.1 Å². The molecule has 0 amide bonds. The highest BCUT2D eigenvalue weighted by Crippen LogP contribution is 2.19. The van der Waals surface area contributed by atoms with Crippen molar-refractivity contribution in [2.45, 2.75) is 52.4 Å². The summed E-state index contributed by atoms with van der Waals surface area (Å²) in [6.07, 6.45) is 1.10. The molecule has 1 aromatic carbocycles. The number of aromatic nitrogens is 2. The molecule has 0 fully saturated rings. The maximum Gasteiger partial charge on any atom is 0.270 e. The Morgan fingerprint density at radius 1 is 1.27 bits per heavy atom. The Hall–Kier alpha value is -2.02. The van der Waals surface area contributed by atoms with Gasteiger partial charge in [-0.25, -0.2) is 4.98 Å². The standard InChI is InChI=1S/C20H25N3O2S/c1-13-11-15(3)22-19-18(13)20(25)23(26-19)12-17(24)21-14(2)9-10-16-7-5-4-6-8-16/h4-8,11,14,17,21,24H,9-10,12H2,1-3H3. The zero-order valence-electron chi connectivity index (χ0n) is 15.4. The maximum atomic E-state index is 12.6. The fourth-order valence-electron chi connectivity index (χ4n) is 3.17. The number of aliphatic hydroxyl groups is 1. The molecule has 0 spiro atoms. The first-order valence-corrected chi connectivity index (χ1v) is 9.67. The number of pyridine rings is 1. The Bertz CT molecular complexity index is 933. The summed E-state index contributed by atoms with van der Waals surface area (Å²) >= 11 is 1.31. The van der Waals surface area contributed by atoms with Gasteiger partial charge in [-0.2, -0.15) is 0 Å². The molecular formula is C20H25N3O2S. The molecule has 2 unspecified atom stereocenters. The number of rotatable bonds is 7. The number of benzene rings is 1. The van der Waals surface area contributed by atoms with Gasteiger partial charge in [-0.3, -0.25) is 14.1 Å². The first-order chi connectivity index (χ1) is 12.4. The van der Waals surface area contributed by atoms with Gasteiger partial charge < -0.3 is 5.11 Å². The minimum atomic E-state index is -0.770. The van der Waals surface area contributed by atoms with Crippen LogP contribution in [0.3, 0.4) is 0 Å². The van der Waals surface area contributed by atoms with Crippen LogP contribution in [-0.2, 0) is 13.0 Å². The van der Waals surface area contributed by atoms with Gasteiger partial charge in [0.15, 0.2) is 0 Å². The SMILES string of the molecule is Cc1cc(C)c2c(=O)n(CC(O)NC(C)CCc3ccccc3)sc2n1. The fraction of sp³-hybridized carbons (Fsp3) is 0.400. The van der Waals surface area contributed by atoms with Crippen LogP contribution < -0.4 is 10.9 Å². The molecule has 5 nitrogen and oxygen atoms in total. The molecule has 26 heavy (non-hydrogen) atoms. The summed E-state index contributed by atoms with van der Waals surface area (Å²) in [4.78, 5) is 17.8. The summed E-state index contributed by atoms with van der Waals surface area (Å²) in [5.41, 5.74) is 3.05. The molecule has 0 aliphatic carbocycles. The van der Waals surface area contributed by atoms with Gasteiger partial charge in [-0.1, -0.05) is 30.3 Å². The summed E-state index contributed by atoms with van der Waals surface area (Å²) in [5, 5.41) is 14.2. The Kier molecular flexibility index (Phi) is 5.86. The monoisotopic (exact) mass is 371 g/mol. The normalized spacial score (nSPS) is 13.8. The van der Waals surface area contributed by atoms with E-state index in [1.54, 1.807) is 3.96 Å². The number of aliphatic hydroxyl groups excluding tert-OH is 1. The average molecular weight is 372 g/mol. The van der Waals surface area contributed by atoms with Crippen LogP contribution in [0.2, 0.25) is 0 Å². The zero-order valence-corrected chi connectivity index (χ0v) is 16.2. The quantitative estimate of drug-likeness (QED) is 0.627. The van der Waals surface area contributed by atoms with E-state index in [9.17, 15) is 9.90 Å². The molecule has 0 radical (unpaired) electrons. The molecular weight excluding hydrogens is 346 g/mol. The summed E-state index contributed by atoms with van der Waals surface area (Å²) in [7, 11) is 0. The van der Waals surface area contributed by atoms with E-state index in [-0.39, 0.29) is 18.1 Å². The molecule has 0 bridgehead atoms. The predicted octanol–water partition coefficient (Wildman–Crippen LogP) is 3.00. The van der Waals surface area contributed by atoms with E-state index in [0.717, 1.165) is 28.9 Å². The summed E-state index contributed by atoms with van der Waals surface area (Å²) in [5.74, 6) is 0. The largest absolute Gasteiger partial charge is 0.377 e. The second kappa shape index (κ2) is 8.12. The Morgan fingerprint density at radius 2 is 2.00 bits per heavy atom. The van der Waals surface area contributed by atoms with Crippen LogP contribution in [-0.4, -0.2) is 26.3 Å². The van der Waals surface area contributed by atoms with Gasteiger partial charge in [0, 0.05) is 11.7 Å². The van der Waals surface area contributed by atoms with Crippen molar-refractivity contribution in [1.82, 2.24) is 14.3 Å². The van der Waals surface area contributed by atoms with Gasteiger partial charge in [0.2, 0.25) is 0 Å². The average Bonchev–Trinajstić information content (AvgIpc) is 2.89. The third-order valence-corrected chi connectivity index (χ3v) is 5.48. The molecule has 3 rings (SSSR count). The van der Waals surface area contributed by atoms with Crippen LogP contribution in [0.25, 0.3) is 10.2 Å². The van der Waals surface area contributed by atoms with Crippen molar-refractivity contribution < 1.29 is 5.11 Å². The van der Waals surface area contributed by atoms with Gasteiger partial charge in [0.25, 0.3) is 5.56 Å². The zero-order chi connectivity index (χ0) is 18.7. The molecule has 0 aliphatic heterocycles. The minimum absolute atomic E-state index is 0.0761. The number of nitrogens with one attached hydrogen (secondary N) is 1. The number of aryl methyl sites for hydroxylation is 3. The van der Waals surface area contributed by atoms with Crippen LogP contribution in [0.4, 0.5) is 0 Å². The number of hydrogen-bond acceptors (Lipinski definition) is 5. The third kappa shape index (κ3) is 4.38. The number of hydrogen-bond donors (Lipinski definition) is 2. The van der Waals surface area contributed by atoms with Crippen LogP contribution >= 0.6 is 11.5 Å².